The van der Waals surface area contributed by atoms with Gasteiger partial charge < -0.3 is 5.73 Å². The molecule has 14 heavy (non-hydrogen) atoms. The molecule has 1 aromatic heterocycles. The second-order valence-corrected chi connectivity index (χ2v) is 4.14. The maximum atomic E-state index is 13.3. The molecule has 0 amide bonds. The topological polar surface area (TPSA) is 43.8 Å². The Hall–Kier alpha value is -0.420. The van der Waals surface area contributed by atoms with E-state index in [1.54, 1.807) is 4.68 Å². The van der Waals surface area contributed by atoms with Crippen molar-refractivity contribution in [1.82, 2.24) is 9.78 Å². The summed E-state index contributed by atoms with van der Waals surface area (Å²) < 4.78 is 15.9. The lowest BCUT2D eigenvalue weighted by atomic mass is 10.1. The third kappa shape index (κ3) is 2.54. The quantitative estimate of drug-likeness (QED) is 0.899. The van der Waals surface area contributed by atoms with Gasteiger partial charge in [0.25, 0.3) is 0 Å². The van der Waals surface area contributed by atoms with E-state index in [1.165, 1.54) is 0 Å². The fourth-order valence-electron chi connectivity index (χ4n) is 1.39. The lowest BCUT2D eigenvalue weighted by Crippen LogP contribution is -2.14. The van der Waals surface area contributed by atoms with E-state index in [0.717, 1.165) is 15.9 Å². The minimum Gasteiger partial charge on any atom is -0.330 e. The van der Waals surface area contributed by atoms with Gasteiger partial charge >= 0.3 is 0 Å². The van der Waals surface area contributed by atoms with Gasteiger partial charge in [-0.15, -0.1) is 0 Å². The minimum absolute atomic E-state index is 0.370. The molecular formula is C9H15BrFN3. The van der Waals surface area contributed by atoms with Gasteiger partial charge in [0.15, 0.2) is 0 Å². The number of alkyl halides is 1. The van der Waals surface area contributed by atoms with Gasteiger partial charge in [0.2, 0.25) is 0 Å². The highest BCUT2D eigenvalue weighted by Gasteiger charge is 2.15. The van der Waals surface area contributed by atoms with Gasteiger partial charge in [-0.1, -0.05) is 0 Å². The second-order valence-electron chi connectivity index (χ2n) is 3.35. The van der Waals surface area contributed by atoms with Crippen LogP contribution in [-0.4, -0.2) is 22.5 Å². The predicted molar refractivity (Wildman–Crippen MR) is 57.9 cm³/mol. The summed E-state index contributed by atoms with van der Waals surface area (Å²) in [4.78, 5) is 0. The first kappa shape index (κ1) is 11.7. The average Bonchev–Trinajstić information content (AvgIpc) is 2.33. The summed E-state index contributed by atoms with van der Waals surface area (Å²) in [6, 6.07) is 0. The predicted octanol–water partition coefficient (Wildman–Crippen LogP) is 1.72. The average molecular weight is 264 g/mol. The zero-order chi connectivity index (χ0) is 10.7. The van der Waals surface area contributed by atoms with Gasteiger partial charge in [-0.3, -0.25) is 4.68 Å². The molecule has 1 aromatic rings. The van der Waals surface area contributed by atoms with Crippen molar-refractivity contribution in [2.75, 3.05) is 6.54 Å². The van der Waals surface area contributed by atoms with Crippen LogP contribution in [-0.2, 0) is 13.5 Å². The lowest BCUT2D eigenvalue weighted by Gasteiger charge is -2.07. The molecule has 3 nitrogen and oxygen atoms in total. The minimum atomic E-state index is -0.883. The summed E-state index contributed by atoms with van der Waals surface area (Å²) in [6.07, 6.45) is -0.114. The number of aromatic nitrogens is 2. The van der Waals surface area contributed by atoms with Crippen molar-refractivity contribution >= 4 is 15.9 Å². The third-order valence-corrected chi connectivity index (χ3v) is 3.19. The van der Waals surface area contributed by atoms with Crippen molar-refractivity contribution < 1.29 is 4.39 Å². The molecule has 0 fully saturated rings. The van der Waals surface area contributed by atoms with Crippen LogP contribution in [0.5, 0.6) is 0 Å². The molecule has 0 bridgehead atoms. The summed E-state index contributed by atoms with van der Waals surface area (Å²) in [7, 11) is 1.82. The van der Waals surface area contributed by atoms with E-state index in [9.17, 15) is 4.39 Å². The van der Waals surface area contributed by atoms with E-state index >= 15 is 0 Å². The third-order valence-electron chi connectivity index (χ3n) is 2.16. The van der Waals surface area contributed by atoms with Crippen LogP contribution < -0.4 is 5.73 Å². The number of rotatable bonds is 4. The van der Waals surface area contributed by atoms with Crippen LogP contribution in [0.25, 0.3) is 0 Å². The standard InChI is InChI=1S/C9H15BrFN3/c1-6-9(10)8(14(2)13-6)5-7(11)3-4-12/h7H,3-5,12H2,1-2H3. The Labute approximate surface area is 91.6 Å². The van der Waals surface area contributed by atoms with Gasteiger partial charge in [0.05, 0.1) is 15.9 Å². The number of nitrogens with two attached hydrogens (primary N) is 1. The van der Waals surface area contributed by atoms with Crippen LogP contribution in [0.1, 0.15) is 17.8 Å². The Kier molecular flexibility index (Phi) is 4.07. The zero-order valence-electron chi connectivity index (χ0n) is 8.43. The van der Waals surface area contributed by atoms with Crippen LogP contribution in [0.3, 0.4) is 0 Å². The Morgan fingerprint density at radius 1 is 1.64 bits per heavy atom. The molecule has 1 atom stereocenters. The lowest BCUT2D eigenvalue weighted by molar-refractivity contribution is 0.311. The fraction of sp³-hybridized carbons (Fsp3) is 0.667. The summed E-state index contributed by atoms with van der Waals surface area (Å²) in [5.41, 5.74) is 7.07. The van der Waals surface area contributed by atoms with Crippen molar-refractivity contribution in [3.8, 4) is 0 Å². The largest absolute Gasteiger partial charge is 0.330 e. The van der Waals surface area contributed by atoms with Gasteiger partial charge in [0, 0.05) is 13.5 Å². The maximum absolute atomic E-state index is 13.3. The van der Waals surface area contributed by atoms with Crippen LogP contribution in [0.4, 0.5) is 4.39 Å². The molecule has 0 aliphatic carbocycles. The SMILES string of the molecule is Cc1nn(C)c(CC(F)CCN)c1Br. The molecule has 0 aliphatic heterocycles. The molecular weight excluding hydrogens is 249 g/mol. The highest BCUT2D eigenvalue weighted by Crippen LogP contribution is 2.22. The van der Waals surface area contributed by atoms with Crippen LogP contribution in [0.2, 0.25) is 0 Å². The fourth-order valence-corrected chi connectivity index (χ4v) is 1.89. The highest BCUT2D eigenvalue weighted by atomic mass is 79.9. The Balaban J connectivity index is 2.75. The van der Waals surface area contributed by atoms with E-state index in [2.05, 4.69) is 21.0 Å². The Bertz CT molecular complexity index is 311. The molecule has 1 unspecified atom stereocenters. The van der Waals surface area contributed by atoms with Crippen LogP contribution >= 0.6 is 15.9 Å². The highest BCUT2D eigenvalue weighted by molar-refractivity contribution is 9.10. The Morgan fingerprint density at radius 2 is 2.29 bits per heavy atom. The molecule has 0 aromatic carbocycles. The number of hydrogen-bond donors (Lipinski definition) is 1. The molecule has 0 spiro atoms. The van der Waals surface area contributed by atoms with E-state index in [0.29, 0.717) is 19.4 Å². The molecule has 0 saturated carbocycles. The Morgan fingerprint density at radius 3 is 2.71 bits per heavy atom. The number of halogens is 2. The van der Waals surface area contributed by atoms with Crippen molar-refractivity contribution in [1.29, 1.82) is 0 Å². The molecule has 0 aliphatic rings. The van der Waals surface area contributed by atoms with Gasteiger partial charge in [0.1, 0.15) is 6.17 Å². The van der Waals surface area contributed by atoms with Crippen LogP contribution in [0, 0.1) is 6.92 Å². The molecule has 5 heteroatoms. The number of aryl methyl sites for hydroxylation is 2. The molecule has 2 N–H and O–H groups in total. The van der Waals surface area contributed by atoms with E-state index < -0.39 is 6.17 Å². The summed E-state index contributed by atoms with van der Waals surface area (Å²) >= 11 is 3.40. The van der Waals surface area contributed by atoms with Gasteiger partial charge in [-0.05, 0) is 35.8 Å². The smallest absolute Gasteiger partial charge is 0.107 e. The van der Waals surface area contributed by atoms with Crippen molar-refractivity contribution in [2.45, 2.75) is 25.9 Å². The van der Waals surface area contributed by atoms with E-state index in [-0.39, 0.29) is 0 Å². The summed E-state index contributed by atoms with van der Waals surface area (Å²) in [6.45, 7) is 2.28. The zero-order valence-corrected chi connectivity index (χ0v) is 10.0. The normalized spacial score (nSPS) is 13.2. The maximum Gasteiger partial charge on any atom is 0.107 e. The first-order chi connectivity index (χ1) is 6.56. The van der Waals surface area contributed by atoms with Gasteiger partial charge in [-0.2, -0.15) is 5.10 Å². The van der Waals surface area contributed by atoms with Crippen molar-refractivity contribution in [3.05, 3.63) is 15.9 Å². The van der Waals surface area contributed by atoms with Crippen LogP contribution in [0.15, 0.2) is 4.47 Å². The van der Waals surface area contributed by atoms with Gasteiger partial charge in [-0.25, -0.2) is 4.39 Å². The van der Waals surface area contributed by atoms with E-state index in [4.69, 9.17) is 5.73 Å². The summed E-state index contributed by atoms with van der Waals surface area (Å²) in [5.74, 6) is 0. The summed E-state index contributed by atoms with van der Waals surface area (Å²) in [5, 5.41) is 4.20. The molecule has 0 radical (unpaired) electrons. The molecule has 80 valence electrons. The number of hydrogen-bond acceptors (Lipinski definition) is 2. The first-order valence-electron chi connectivity index (χ1n) is 4.58. The molecule has 1 heterocycles. The number of nitrogens with zero attached hydrogens (tertiary/aromatic N) is 2. The van der Waals surface area contributed by atoms with E-state index in [1.807, 2.05) is 14.0 Å². The molecule has 0 saturated heterocycles. The van der Waals surface area contributed by atoms with Crippen molar-refractivity contribution in [2.24, 2.45) is 12.8 Å². The monoisotopic (exact) mass is 263 g/mol. The first-order valence-corrected chi connectivity index (χ1v) is 5.37. The second kappa shape index (κ2) is 4.89. The van der Waals surface area contributed by atoms with Crippen molar-refractivity contribution in [3.63, 3.8) is 0 Å². The molecule has 1 rings (SSSR count).